The highest BCUT2D eigenvalue weighted by atomic mass is 15.1. The summed E-state index contributed by atoms with van der Waals surface area (Å²) in [6.45, 7) is 8.30. The van der Waals surface area contributed by atoms with Crippen LogP contribution in [0.3, 0.4) is 0 Å². The summed E-state index contributed by atoms with van der Waals surface area (Å²) in [6.07, 6.45) is 3.67. The molecule has 1 aliphatic carbocycles. The summed E-state index contributed by atoms with van der Waals surface area (Å²) < 4.78 is 0. The average molecular weight is 223 g/mol. The van der Waals surface area contributed by atoms with Gasteiger partial charge >= 0.3 is 0 Å². The number of hydrogen-bond donors (Lipinski definition) is 1. The third-order valence-corrected chi connectivity index (χ3v) is 3.51. The topological polar surface area (TPSA) is 39.1 Å². The summed E-state index contributed by atoms with van der Waals surface area (Å²) in [4.78, 5) is 2.39. The molecule has 92 valence electrons. The second kappa shape index (κ2) is 5.65. The lowest BCUT2D eigenvalue weighted by atomic mass is 9.94. The van der Waals surface area contributed by atoms with Gasteiger partial charge in [-0.25, -0.2) is 0 Å². The van der Waals surface area contributed by atoms with Crippen molar-refractivity contribution in [2.75, 3.05) is 20.1 Å². The zero-order valence-electron chi connectivity index (χ0n) is 11.1. The Morgan fingerprint density at radius 3 is 2.62 bits per heavy atom. The van der Waals surface area contributed by atoms with Crippen molar-refractivity contribution in [1.29, 1.82) is 5.26 Å². The Hall–Kier alpha value is -0.590. The standard InChI is InChI=1S/C13H25N3/c1-5-15-13(3,10-14)8-11(2)16(4)9-12-6-7-12/h11-12,15H,5-9H2,1-4H3. The highest BCUT2D eigenvalue weighted by Gasteiger charge is 2.29. The van der Waals surface area contributed by atoms with Crippen molar-refractivity contribution in [3.05, 3.63) is 0 Å². The van der Waals surface area contributed by atoms with Crippen molar-refractivity contribution in [2.45, 2.75) is 51.6 Å². The van der Waals surface area contributed by atoms with Gasteiger partial charge in [0.05, 0.1) is 6.07 Å². The van der Waals surface area contributed by atoms with Crippen molar-refractivity contribution in [3.63, 3.8) is 0 Å². The molecule has 1 fully saturated rings. The lowest BCUT2D eigenvalue weighted by molar-refractivity contribution is 0.207. The molecule has 1 aliphatic rings. The molecule has 0 aromatic carbocycles. The van der Waals surface area contributed by atoms with Crippen LogP contribution in [0.25, 0.3) is 0 Å². The monoisotopic (exact) mass is 223 g/mol. The van der Waals surface area contributed by atoms with E-state index in [9.17, 15) is 5.26 Å². The molecule has 1 saturated carbocycles. The van der Waals surface area contributed by atoms with Crippen LogP contribution in [-0.2, 0) is 0 Å². The van der Waals surface area contributed by atoms with Gasteiger partial charge in [0.15, 0.2) is 0 Å². The Bertz CT molecular complexity index is 254. The molecule has 0 spiro atoms. The van der Waals surface area contributed by atoms with E-state index in [1.165, 1.54) is 19.4 Å². The Morgan fingerprint density at radius 1 is 1.56 bits per heavy atom. The van der Waals surface area contributed by atoms with Crippen LogP contribution < -0.4 is 5.32 Å². The predicted octanol–water partition coefficient (Wildman–Crippen LogP) is 2.00. The first-order chi connectivity index (χ1) is 7.50. The number of nitriles is 1. The van der Waals surface area contributed by atoms with Crippen LogP contribution in [0.2, 0.25) is 0 Å². The molecule has 0 aromatic heterocycles. The quantitative estimate of drug-likeness (QED) is 0.717. The van der Waals surface area contributed by atoms with E-state index >= 15 is 0 Å². The summed E-state index contributed by atoms with van der Waals surface area (Å²) in [5.74, 6) is 0.917. The molecule has 2 atom stereocenters. The van der Waals surface area contributed by atoms with Crippen molar-refractivity contribution in [1.82, 2.24) is 10.2 Å². The van der Waals surface area contributed by atoms with E-state index < -0.39 is 0 Å². The molecule has 3 heteroatoms. The number of nitrogens with zero attached hydrogens (tertiary/aromatic N) is 2. The van der Waals surface area contributed by atoms with Gasteiger partial charge in [-0.1, -0.05) is 6.92 Å². The van der Waals surface area contributed by atoms with Crippen LogP contribution in [0, 0.1) is 17.2 Å². The van der Waals surface area contributed by atoms with E-state index in [-0.39, 0.29) is 5.54 Å². The molecule has 0 saturated heterocycles. The molecule has 2 unspecified atom stereocenters. The highest BCUT2D eigenvalue weighted by molar-refractivity contribution is 5.05. The summed E-state index contributed by atoms with van der Waals surface area (Å²) in [5, 5.41) is 12.5. The molecular weight excluding hydrogens is 198 g/mol. The van der Waals surface area contributed by atoms with Gasteiger partial charge in [-0.05, 0) is 52.6 Å². The Labute approximate surface area is 99.8 Å². The third kappa shape index (κ3) is 4.11. The molecule has 0 aliphatic heterocycles. The minimum absolute atomic E-state index is 0.383. The van der Waals surface area contributed by atoms with Crippen LogP contribution in [0.4, 0.5) is 0 Å². The largest absolute Gasteiger partial charge is 0.303 e. The minimum Gasteiger partial charge on any atom is -0.303 e. The predicted molar refractivity (Wildman–Crippen MR) is 67.1 cm³/mol. The summed E-state index contributed by atoms with van der Waals surface area (Å²) in [6, 6.07) is 2.86. The Kier molecular flexibility index (Phi) is 4.76. The number of hydrogen-bond acceptors (Lipinski definition) is 3. The number of rotatable bonds is 7. The van der Waals surface area contributed by atoms with Gasteiger partial charge in [-0.15, -0.1) is 0 Å². The van der Waals surface area contributed by atoms with Crippen molar-refractivity contribution in [3.8, 4) is 6.07 Å². The van der Waals surface area contributed by atoms with Gasteiger partial charge in [0.25, 0.3) is 0 Å². The molecule has 0 radical (unpaired) electrons. The van der Waals surface area contributed by atoms with E-state index in [1.54, 1.807) is 0 Å². The van der Waals surface area contributed by atoms with E-state index in [4.69, 9.17) is 0 Å². The summed E-state index contributed by atoms with van der Waals surface area (Å²) in [5.41, 5.74) is -0.383. The molecule has 0 amide bonds. The maximum absolute atomic E-state index is 9.21. The molecule has 0 heterocycles. The molecular formula is C13H25N3. The van der Waals surface area contributed by atoms with Gasteiger partial charge in [0, 0.05) is 12.6 Å². The first-order valence-corrected chi connectivity index (χ1v) is 6.37. The van der Waals surface area contributed by atoms with Crippen molar-refractivity contribution < 1.29 is 0 Å². The van der Waals surface area contributed by atoms with Crippen LogP contribution in [-0.4, -0.2) is 36.6 Å². The fraction of sp³-hybridized carbons (Fsp3) is 0.923. The molecule has 16 heavy (non-hydrogen) atoms. The lowest BCUT2D eigenvalue weighted by Gasteiger charge is -2.31. The lowest BCUT2D eigenvalue weighted by Crippen LogP contribution is -2.46. The molecule has 1 rings (SSSR count). The van der Waals surface area contributed by atoms with Gasteiger partial charge in [-0.2, -0.15) is 5.26 Å². The smallest absolute Gasteiger partial charge is 0.105 e. The Morgan fingerprint density at radius 2 is 2.19 bits per heavy atom. The van der Waals surface area contributed by atoms with Gasteiger partial charge in [0.2, 0.25) is 0 Å². The van der Waals surface area contributed by atoms with Crippen LogP contribution >= 0.6 is 0 Å². The summed E-state index contributed by atoms with van der Waals surface area (Å²) >= 11 is 0. The van der Waals surface area contributed by atoms with Crippen LogP contribution in [0.15, 0.2) is 0 Å². The summed E-state index contributed by atoms with van der Waals surface area (Å²) in [7, 11) is 2.17. The molecule has 0 aromatic rings. The van der Waals surface area contributed by atoms with Crippen molar-refractivity contribution in [2.24, 2.45) is 5.92 Å². The first kappa shape index (κ1) is 13.5. The molecule has 1 N–H and O–H groups in total. The van der Waals surface area contributed by atoms with Crippen molar-refractivity contribution >= 4 is 0 Å². The van der Waals surface area contributed by atoms with E-state index in [2.05, 4.69) is 30.3 Å². The number of nitrogens with one attached hydrogen (secondary N) is 1. The second-order valence-electron chi connectivity index (χ2n) is 5.41. The van der Waals surface area contributed by atoms with E-state index in [1.807, 2.05) is 13.8 Å². The SMILES string of the molecule is CCNC(C)(C#N)CC(C)N(C)CC1CC1. The van der Waals surface area contributed by atoms with E-state index in [0.29, 0.717) is 6.04 Å². The highest BCUT2D eigenvalue weighted by Crippen LogP contribution is 2.30. The maximum Gasteiger partial charge on any atom is 0.105 e. The zero-order valence-corrected chi connectivity index (χ0v) is 11.1. The molecule has 0 bridgehead atoms. The Balaban J connectivity index is 2.40. The normalized spacial score (nSPS) is 21.5. The van der Waals surface area contributed by atoms with E-state index in [0.717, 1.165) is 18.9 Å². The fourth-order valence-electron chi connectivity index (χ4n) is 2.18. The van der Waals surface area contributed by atoms with Gasteiger partial charge in [-0.3, -0.25) is 5.32 Å². The second-order valence-corrected chi connectivity index (χ2v) is 5.41. The van der Waals surface area contributed by atoms with Gasteiger partial charge in [0.1, 0.15) is 5.54 Å². The molecule has 3 nitrogen and oxygen atoms in total. The average Bonchev–Trinajstić information content (AvgIpc) is 3.02. The van der Waals surface area contributed by atoms with Gasteiger partial charge < -0.3 is 4.90 Å². The first-order valence-electron chi connectivity index (χ1n) is 6.37. The zero-order chi connectivity index (χ0) is 12.2. The maximum atomic E-state index is 9.21. The van der Waals surface area contributed by atoms with Crippen LogP contribution in [0.1, 0.15) is 40.0 Å². The minimum atomic E-state index is -0.383. The third-order valence-electron chi connectivity index (χ3n) is 3.51. The fourth-order valence-corrected chi connectivity index (χ4v) is 2.18. The van der Waals surface area contributed by atoms with Crippen LogP contribution in [0.5, 0.6) is 0 Å².